The number of carbonyl (C=O) groups is 1. The molecule has 0 aliphatic carbocycles. The predicted octanol–water partition coefficient (Wildman–Crippen LogP) is 5.15. The van der Waals surface area contributed by atoms with Crippen molar-refractivity contribution in [3.63, 3.8) is 0 Å². The van der Waals surface area contributed by atoms with Gasteiger partial charge in [-0.2, -0.15) is 0 Å². The lowest BCUT2D eigenvalue weighted by atomic mass is 10.1. The van der Waals surface area contributed by atoms with Crippen LogP contribution in [-0.2, 0) is 0 Å². The van der Waals surface area contributed by atoms with Crippen molar-refractivity contribution in [2.75, 3.05) is 44.7 Å². The van der Waals surface area contributed by atoms with E-state index in [1.165, 1.54) is 75.5 Å². The van der Waals surface area contributed by atoms with E-state index in [1.54, 1.807) is 18.2 Å². The first-order valence-electron chi connectivity index (χ1n) is 12.2. The van der Waals surface area contributed by atoms with E-state index in [-0.39, 0.29) is 17.0 Å². The number of nitrogens with one attached hydrogen (secondary N) is 1. The van der Waals surface area contributed by atoms with Crippen LogP contribution in [0.3, 0.4) is 0 Å². The number of unbranched alkanes of at least 4 members (excludes halogenated alkanes) is 5. The summed E-state index contributed by atoms with van der Waals surface area (Å²) >= 11 is 0. The standard InChI is InChI=1S/C14H21NO3.C11H24NO.BrH/c1-2-3-4-5-8-11-18-13-10-7-6-9-12(13)15-14(16)17;1-2-3-7-12(10-11-13)8-5-4-6-9-12;/h6-7,9-10,15H,2-5,8,11H2,1H3,(H,16,17);13H,2-11H2,1H3;1H/q;+1;/p-1. The largest absolute Gasteiger partial charge is 0.530 e. The average molecular weight is 518 g/mol. The molecule has 1 aromatic rings. The van der Waals surface area contributed by atoms with E-state index >= 15 is 0 Å². The Labute approximate surface area is 205 Å². The Bertz CT molecular complexity index is 590. The maximum atomic E-state index is 10.5. The van der Waals surface area contributed by atoms with Gasteiger partial charge < -0.3 is 29.5 Å². The third-order valence-electron chi connectivity index (χ3n) is 5.95. The van der Waals surface area contributed by atoms with Gasteiger partial charge in [-0.25, -0.2) is 0 Å². The van der Waals surface area contributed by atoms with Gasteiger partial charge in [-0.15, -0.1) is 17.0 Å². The summed E-state index contributed by atoms with van der Waals surface area (Å²) in [5.41, 5.74) is 0.436. The van der Waals surface area contributed by atoms with E-state index in [0.717, 1.165) is 19.4 Å². The first-order chi connectivity index (χ1) is 15.1. The van der Waals surface area contributed by atoms with Crippen LogP contribution in [0.5, 0.6) is 5.75 Å². The fourth-order valence-electron chi connectivity index (χ4n) is 4.14. The molecule has 1 aliphatic rings. The number of piperidine rings is 1. The van der Waals surface area contributed by atoms with Gasteiger partial charge in [-0.3, -0.25) is 0 Å². The number of halogens is 1. The summed E-state index contributed by atoms with van der Waals surface area (Å²) in [5, 5.41) is 21.8. The minimum Gasteiger partial charge on any atom is -0.530 e. The molecule has 1 amide bonds. The number of rotatable bonds is 13. The van der Waals surface area contributed by atoms with Crippen molar-refractivity contribution in [2.24, 2.45) is 0 Å². The molecule has 1 saturated heterocycles. The number of hydrogen-bond acceptors (Lipinski definition) is 4. The third-order valence-corrected chi connectivity index (χ3v) is 5.95. The lowest BCUT2D eigenvalue weighted by Gasteiger charge is -2.41. The van der Waals surface area contributed by atoms with Gasteiger partial charge in [0.05, 0.1) is 38.5 Å². The number of ether oxygens (including phenoxy) is 1. The second-order valence-electron chi connectivity index (χ2n) is 8.55. The Morgan fingerprint density at radius 1 is 1.00 bits per heavy atom. The number of nitrogens with zero attached hydrogens (tertiary/aromatic N) is 1. The molecule has 1 heterocycles. The van der Waals surface area contributed by atoms with E-state index in [9.17, 15) is 9.90 Å². The topological polar surface area (TPSA) is 81.6 Å². The number of carboxylic acid groups (broad SMARTS) is 1. The molecule has 7 heteroatoms. The van der Waals surface area contributed by atoms with Crippen LogP contribution in [-0.4, -0.2) is 55.1 Å². The van der Waals surface area contributed by atoms with Crippen LogP contribution in [0.4, 0.5) is 10.5 Å². The summed E-state index contributed by atoms with van der Waals surface area (Å²) < 4.78 is 6.76. The zero-order valence-electron chi connectivity index (χ0n) is 20.2. The lowest BCUT2D eigenvalue weighted by molar-refractivity contribution is -0.932. The summed E-state index contributed by atoms with van der Waals surface area (Å²) in [6.07, 6.45) is 11.2. The molecule has 2 rings (SSSR count). The fourth-order valence-corrected chi connectivity index (χ4v) is 4.14. The van der Waals surface area contributed by atoms with Gasteiger partial charge in [0, 0.05) is 0 Å². The monoisotopic (exact) mass is 516 g/mol. The van der Waals surface area contributed by atoms with Crippen LogP contribution < -0.4 is 15.2 Å². The Morgan fingerprint density at radius 2 is 1.66 bits per heavy atom. The highest BCUT2D eigenvalue weighted by Gasteiger charge is 2.28. The molecular weight excluding hydrogens is 472 g/mol. The molecule has 0 aromatic heterocycles. The summed E-state index contributed by atoms with van der Waals surface area (Å²) in [6, 6.07) is 6.96. The number of carbonyl (C=O) groups excluding carboxylic acids is 1. The Morgan fingerprint density at radius 3 is 2.28 bits per heavy atom. The summed E-state index contributed by atoms with van der Waals surface area (Å²) in [6.45, 7) is 10.3. The van der Waals surface area contributed by atoms with E-state index in [0.29, 0.717) is 24.7 Å². The molecule has 0 saturated carbocycles. The van der Waals surface area contributed by atoms with Crippen LogP contribution >= 0.6 is 17.0 Å². The van der Waals surface area contributed by atoms with Crippen LogP contribution in [0, 0.1) is 0 Å². The molecule has 6 nitrogen and oxygen atoms in total. The van der Waals surface area contributed by atoms with Gasteiger partial charge in [-0.1, -0.05) is 58.1 Å². The molecule has 1 aliphatic heterocycles. The molecule has 1 aromatic carbocycles. The Kier molecular flexibility index (Phi) is 18.4. The van der Waals surface area contributed by atoms with Gasteiger partial charge in [-0.05, 0) is 44.2 Å². The number of anilines is 1. The number of aliphatic hydroxyl groups is 1. The first-order valence-corrected chi connectivity index (χ1v) is 12.2. The predicted molar refractivity (Wildman–Crippen MR) is 136 cm³/mol. The number of para-hydroxylation sites is 2. The molecular formula is C25H45BrN2O4. The molecule has 1 fully saturated rings. The smallest absolute Gasteiger partial charge is 0.142 e. The first kappa shape index (κ1) is 30.7. The number of hydrogen-bond donors (Lipinski definition) is 2. The second kappa shape index (κ2) is 19.2. The third kappa shape index (κ3) is 13.3. The van der Waals surface area contributed by atoms with Crippen LogP contribution in [0.2, 0.25) is 0 Å². The normalized spacial score (nSPS) is 14.5. The van der Waals surface area contributed by atoms with Crippen molar-refractivity contribution in [1.29, 1.82) is 0 Å². The Balaban J connectivity index is 0.000000611. The average Bonchev–Trinajstić information content (AvgIpc) is 2.77. The molecule has 0 atom stereocenters. The zero-order chi connectivity index (χ0) is 22.8. The number of amides is 1. The maximum absolute atomic E-state index is 10.5. The highest BCUT2D eigenvalue weighted by Crippen LogP contribution is 2.23. The van der Waals surface area contributed by atoms with Crippen molar-refractivity contribution >= 4 is 28.8 Å². The van der Waals surface area contributed by atoms with Crippen molar-refractivity contribution in [3.8, 4) is 5.75 Å². The van der Waals surface area contributed by atoms with Crippen molar-refractivity contribution in [3.05, 3.63) is 24.3 Å². The molecule has 0 unspecified atom stereocenters. The summed E-state index contributed by atoms with van der Waals surface area (Å²) in [7, 11) is 0. The zero-order valence-corrected chi connectivity index (χ0v) is 21.9. The van der Waals surface area contributed by atoms with E-state index in [4.69, 9.17) is 9.84 Å². The SMILES string of the molecule is Br.CCCCCCCOc1ccccc1NC(=O)[O-].CCCC[N+]1(CCO)CCCCC1. The van der Waals surface area contributed by atoms with Crippen molar-refractivity contribution < 1.29 is 24.2 Å². The minimum atomic E-state index is -1.33. The summed E-state index contributed by atoms with van der Waals surface area (Å²) in [4.78, 5) is 10.5. The van der Waals surface area contributed by atoms with Gasteiger partial charge in [0.1, 0.15) is 18.4 Å². The van der Waals surface area contributed by atoms with Crippen molar-refractivity contribution in [2.45, 2.75) is 78.1 Å². The van der Waals surface area contributed by atoms with Gasteiger partial charge in [0.15, 0.2) is 0 Å². The molecule has 0 radical (unpaired) electrons. The molecule has 186 valence electrons. The van der Waals surface area contributed by atoms with Crippen LogP contribution in [0.1, 0.15) is 78.1 Å². The van der Waals surface area contributed by atoms with E-state index < -0.39 is 6.09 Å². The molecule has 2 N–H and O–H groups in total. The second-order valence-corrected chi connectivity index (χ2v) is 8.55. The van der Waals surface area contributed by atoms with Gasteiger partial charge in [0.2, 0.25) is 0 Å². The number of likely N-dealkylation sites (tertiary alicyclic amines) is 1. The maximum Gasteiger partial charge on any atom is 0.142 e. The molecule has 32 heavy (non-hydrogen) atoms. The molecule has 0 bridgehead atoms. The highest BCUT2D eigenvalue weighted by atomic mass is 79.9. The highest BCUT2D eigenvalue weighted by molar-refractivity contribution is 8.93. The van der Waals surface area contributed by atoms with Gasteiger partial charge in [0.25, 0.3) is 0 Å². The number of quaternary nitrogens is 1. The fraction of sp³-hybridized carbons (Fsp3) is 0.720. The number of aliphatic hydroxyl groups excluding tert-OH is 1. The van der Waals surface area contributed by atoms with E-state index in [2.05, 4.69) is 19.2 Å². The van der Waals surface area contributed by atoms with Gasteiger partial charge >= 0.3 is 0 Å². The quantitative estimate of drug-likeness (QED) is 0.280. The molecule has 0 spiro atoms. The summed E-state index contributed by atoms with van der Waals surface area (Å²) in [5.74, 6) is 0.553. The van der Waals surface area contributed by atoms with Crippen molar-refractivity contribution in [1.82, 2.24) is 0 Å². The lowest BCUT2D eigenvalue weighted by Crippen LogP contribution is -2.53. The van der Waals surface area contributed by atoms with E-state index in [1.807, 2.05) is 6.07 Å². The van der Waals surface area contributed by atoms with Crippen LogP contribution in [0.15, 0.2) is 24.3 Å². The number of benzene rings is 1. The Hall–Kier alpha value is -1.31. The minimum absolute atomic E-state index is 0. The van der Waals surface area contributed by atoms with Crippen LogP contribution in [0.25, 0.3) is 0 Å².